The fourth-order valence-electron chi connectivity index (χ4n) is 4.08. The second-order valence-electron chi connectivity index (χ2n) is 7.70. The molecule has 1 amide bonds. The van der Waals surface area contributed by atoms with Crippen molar-refractivity contribution in [3.05, 3.63) is 60.2 Å². The maximum absolute atomic E-state index is 13.7. The van der Waals surface area contributed by atoms with Crippen LogP contribution in [0, 0.1) is 5.82 Å². The number of carbonyl (C=O) groups is 1. The summed E-state index contributed by atoms with van der Waals surface area (Å²) in [6.45, 7) is 2.38. The molecule has 1 fully saturated rings. The fourth-order valence-corrected chi connectivity index (χ4v) is 4.08. The van der Waals surface area contributed by atoms with Crippen molar-refractivity contribution in [1.29, 1.82) is 0 Å². The molecule has 0 spiro atoms. The van der Waals surface area contributed by atoms with Crippen molar-refractivity contribution in [1.82, 2.24) is 29.9 Å². The van der Waals surface area contributed by atoms with Crippen LogP contribution in [0.3, 0.4) is 0 Å². The Kier molecular flexibility index (Phi) is 4.52. The number of amides is 1. The molecule has 0 unspecified atom stereocenters. The molecule has 2 aromatic heterocycles. The van der Waals surface area contributed by atoms with Gasteiger partial charge in [-0.2, -0.15) is 4.68 Å². The van der Waals surface area contributed by atoms with E-state index in [2.05, 4.69) is 25.2 Å². The number of anilines is 1. The predicted octanol–water partition coefficient (Wildman–Crippen LogP) is 2.04. The number of ether oxygens (including phenoxy) is 2. The van der Waals surface area contributed by atoms with Gasteiger partial charge in [0.05, 0.1) is 5.69 Å². The lowest BCUT2D eigenvalue weighted by molar-refractivity contribution is 0.0746. The van der Waals surface area contributed by atoms with E-state index in [-0.39, 0.29) is 18.5 Å². The molecule has 0 bridgehead atoms. The van der Waals surface area contributed by atoms with Gasteiger partial charge in [-0.3, -0.25) is 4.79 Å². The van der Waals surface area contributed by atoms with Crippen LogP contribution in [0.25, 0.3) is 16.9 Å². The maximum Gasteiger partial charge on any atom is 0.254 e. The first kappa shape index (κ1) is 19.4. The third kappa shape index (κ3) is 3.37. The van der Waals surface area contributed by atoms with E-state index in [1.54, 1.807) is 35.2 Å². The third-order valence-electron chi connectivity index (χ3n) is 5.76. The summed E-state index contributed by atoms with van der Waals surface area (Å²) in [5.41, 5.74) is 2.11. The number of rotatable bonds is 3. The van der Waals surface area contributed by atoms with Crippen LogP contribution in [0.5, 0.6) is 11.5 Å². The summed E-state index contributed by atoms with van der Waals surface area (Å²) >= 11 is 0. The van der Waals surface area contributed by atoms with Gasteiger partial charge in [0, 0.05) is 31.7 Å². The maximum atomic E-state index is 13.7. The van der Waals surface area contributed by atoms with E-state index in [4.69, 9.17) is 9.47 Å². The quantitative estimate of drug-likeness (QED) is 0.471. The van der Waals surface area contributed by atoms with Crippen molar-refractivity contribution in [3.63, 3.8) is 0 Å². The van der Waals surface area contributed by atoms with Crippen LogP contribution in [0.15, 0.2) is 48.8 Å². The average molecular weight is 447 g/mol. The molecule has 1 saturated heterocycles. The minimum atomic E-state index is -0.367. The van der Waals surface area contributed by atoms with E-state index in [1.807, 2.05) is 0 Å². The lowest BCUT2D eigenvalue weighted by atomic mass is 10.1. The monoisotopic (exact) mass is 447 g/mol. The SMILES string of the molecule is O=C(c1ccc2c(c1)OCO2)N1CCN(c2ncnc3c2nnn3-c2cccc(F)c2)CC1. The van der Waals surface area contributed by atoms with Crippen LogP contribution in [-0.2, 0) is 0 Å². The highest BCUT2D eigenvalue weighted by Crippen LogP contribution is 2.33. The number of hydrogen-bond acceptors (Lipinski definition) is 8. The van der Waals surface area contributed by atoms with Gasteiger partial charge in [-0.15, -0.1) is 5.10 Å². The summed E-state index contributed by atoms with van der Waals surface area (Å²) in [5.74, 6) is 1.45. The Balaban J connectivity index is 1.21. The summed E-state index contributed by atoms with van der Waals surface area (Å²) in [6, 6.07) is 11.3. The first-order chi connectivity index (χ1) is 16.2. The molecule has 2 aromatic carbocycles. The zero-order chi connectivity index (χ0) is 22.4. The summed E-state index contributed by atoms with van der Waals surface area (Å²) in [7, 11) is 0. The summed E-state index contributed by atoms with van der Waals surface area (Å²) in [5, 5.41) is 8.41. The van der Waals surface area contributed by atoms with Gasteiger partial charge in [0.25, 0.3) is 5.91 Å². The zero-order valence-electron chi connectivity index (χ0n) is 17.4. The van der Waals surface area contributed by atoms with Gasteiger partial charge in [-0.05, 0) is 36.4 Å². The first-order valence-electron chi connectivity index (χ1n) is 10.4. The lowest BCUT2D eigenvalue weighted by Crippen LogP contribution is -2.49. The largest absolute Gasteiger partial charge is 0.454 e. The van der Waals surface area contributed by atoms with E-state index in [0.29, 0.717) is 65.9 Å². The number of fused-ring (bicyclic) bond motifs is 2. The highest BCUT2D eigenvalue weighted by atomic mass is 19.1. The molecule has 166 valence electrons. The summed E-state index contributed by atoms with van der Waals surface area (Å²) in [6.07, 6.45) is 1.45. The molecule has 0 saturated carbocycles. The van der Waals surface area contributed by atoms with Crippen molar-refractivity contribution in [2.24, 2.45) is 0 Å². The van der Waals surface area contributed by atoms with Crippen molar-refractivity contribution in [3.8, 4) is 17.2 Å². The van der Waals surface area contributed by atoms with Gasteiger partial charge in [0.2, 0.25) is 6.79 Å². The highest BCUT2D eigenvalue weighted by molar-refractivity contribution is 5.95. The predicted molar refractivity (Wildman–Crippen MR) is 115 cm³/mol. The number of nitrogens with zero attached hydrogens (tertiary/aromatic N) is 7. The van der Waals surface area contributed by atoms with Crippen LogP contribution in [-0.4, -0.2) is 68.7 Å². The Bertz CT molecular complexity index is 1370. The van der Waals surface area contributed by atoms with Gasteiger partial charge < -0.3 is 19.3 Å². The van der Waals surface area contributed by atoms with Gasteiger partial charge in [0.15, 0.2) is 28.5 Å². The number of halogens is 1. The molecule has 2 aliphatic heterocycles. The number of benzene rings is 2. The topological polar surface area (TPSA) is 98.5 Å². The Labute approximate surface area is 187 Å². The zero-order valence-corrected chi connectivity index (χ0v) is 17.4. The van der Waals surface area contributed by atoms with E-state index in [9.17, 15) is 9.18 Å². The van der Waals surface area contributed by atoms with Crippen LogP contribution < -0.4 is 14.4 Å². The Morgan fingerprint density at radius 2 is 1.82 bits per heavy atom. The normalized spacial score (nSPS) is 15.3. The fraction of sp³-hybridized carbons (Fsp3) is 0.227. The molecule has 4 aromatic rings. The van der Waals surface area contributed by atoms with Gasteiger partial charge >= 0.3 is 0 Å². The molecule has 33 heavy (non-hydrogen) atoms. The minimum Gasteiger partial charge on any atom is -0.454 e. The van der Waals surface area contributed by atoms with E-state index >= 15 is 0 Å². The smallest absolute Gasteiger partial charge is 0.254 e. The Morgan fingerprint density at radius 1 is 0.970 bits per heavy atom. The van der Waals surface area contributed by atoms with Crippen molar-refractivity contribution in [2.75, 3.05) is 37.9 Å². The van der Waals surface area contributed by atoms with Crippen molar-refractivity contribution < 1.29 is 18.7 Å². The number of hydrogen-bond donors (Lipinski definition) is 0. The third-order valence-corrected chi connectivity index (χ3v) is 5.76. The van der Waals surface area contributed by atoms with Crippen LogP contribution >= 0.6 is 0 Å². The molecule has 4 heterocycles. The average Bonchev–Trinajstić information content (AvgIpc) is 3.50. The van der Waals surface area contributed by atoms with Crippen LogP contribution in [0.2, 0.25) is 0 Å². The number of aromatic nitrogens is 5. The highest BCUT2D eigenvalue weighted by Gasteiger charge is 2.26. The molecule has 0 aliphatic carbocycles. The minimum absolute atomic E-state index is 0.0576. The second-order valence-corrected chi connectivity index (χ2v) is 7.70. The molecule has 0 atom stereocenters. The molecule has 2 aliphatic rings. The van der Waals surface area contributed by atoms with E-state index in [0.717, 1.165) is 0 Å². The van der Waals surface area contributed by atoms with Crippen molar-refractivity contribution >= 4 is 22.9 Å². The molecule has 10 nitrogen and oxygen atoms in total. The molecule has 0 radical (unpaired) electrons. The van der Waals surface area contributed by atoms with Crippen molar-refractivity contribution in [2.45, 2.75) is 0 Å². The lowest BCUT2D eigenvalue weighted by Gasteiger charge is -2.35. The standard InChI is InChI=1S/C22H18FN7O3/c23-15-2-1-3-16(11-15)30-21-19(26-27-30)20(24-12-25-21)28-6-8-29(9-7-28)22(31)14-4-5-17-18(10-14)33-13-32-17/h1-5,10-12H,6-9,13H2. The second kappa shape index (κ2) is 7.69. The Morgan fingerprint density at radius 3 is 2.67 bits per heavy atom. The van der Waals surface area contributed by atoms with Gasteiger partial charge in [0.1, 0.15) is 12.1 Å². The van der Waals surface area contributed by atoms with Gasteiger partial charge in [-0.25, -0.2) is 14.4 Å². The Hall–Kier alpha value is -4.28. The van der Waals surface area contributed by atoms with E-state index in [1.165, 1.54) is 23.1 Å². The number of carbonyl (C=O) groups excluding carboxylic acids is 1. The van der Waals surface area contributed by atoms with Gasteiger partial charge in [-0.1, -0.05) is 11.3 Å². The summed E-state index contributed by atoms with van der Waals surface area (Å²) < 4.78 is 25.9. The van der Waals surface area contributed by atoms with Crippen LogP contribution in [0.4, 0.5) is 10.2 Å². The molecule has 0 N–H and O–H groups in total. The summed E-state index contributed by atoms with van der Waals surface area (Å²) in [4.78, 5) is 25.5. The van der Waals surface area contributed by atoms with E-state index < -0.39 is 0 Å². The molecule has 11 heteroatoms. The molecular weight excluding hydrogens is 429 g/mol. The molecular formula is C22H18FN7O3. The first-order valence-corrected chi connectivity index (χ1v) is 10.4. The molecule has 6 rings (SSSR count). The van der Waals surface area contributed by atoms with Crippen LogP contribution in [0.1, 0.15) is 10.4 Å². The number of piperazine rings is 1.